The van der Waals surface area contributed by atoms with Crippen molar-refractivity contribution in [2.75, 3.05) is 0 Å². The first kappa shape index (κ1) is 12.6. The average Bonchev–Trinajstić information content (AvgIpc) is 2.40. The highest BCUT2D eigenvalue weighted by Gasteiger charge is 2.25. The molecular weight excluding hydrogens is 210 g/mol. The first-order valence-electron chi connectivity index (χ1n) is 6.86. The first-order valence-corrected chi connectivity index (χ1v) is 6.86. The number of aromatic nitrogens is 1. The molecule has 0 radical (unpaired) electrons. The van der Waals surface area contributed by atoms with Crippen LogP contribution in [0.1, 0.15) is 44.6 Å². The van der Waals surface area contributed by atoms with E-state index >= 15 is 0 Å². The van der Waals surface area contributed by atoms with Gasteiger partial charge in [0.05, 0.1) is 6.10 Å². The lowest BCUT2D eigenvalue weighted by atomic mass is 9.77. The van der Waals surface area contributed by atoms with Gasteiger partial charge in [-0.2, -0.15) is 0 Å². The average molecular weight is 233 g/mol. The number of pyridine rings is 1. The molecule has 1 aromatic rings. The standard InChI is InChI=1S/C15H23NO/c1-2-12-5-7-14(8-6-12)15(17)10-13-4-3-9-16-11-13/h3-4,9,11-12,14-15,17H,2,5-8,10H2,1H3. The predicted molar refractivity (Wildman–Crippen MR) is 69.7 cm³/mol. The maximum atomic E-state index is 10.3. The van der Waals surface area contributed by atoms with Gasteiger partial charge in [0, 0.05) is 18.8 Å². The number of aliphatic hydroxyl groups excluding tert-OH is 1. The summed E-state index contributed by atoms with van der Waals surface area (Å²) in [5.41, 5.74) is 1.15. The fraction of sp³-hybridized carbons (Fsp3) is 0.667. The quantitative estimate of drug-likeness (QED) is 0.866. The predicted octanol–water partition coefficient (Wildman–Crippen LogP) is 3.20. The molecule has 1 heterocycles. The Kier molecular flexibility index (Phi) is 4.55. The summed E-state index contributed by atoms with van der Waals surface area (Å²) in [6.07, 6.45) is 10.5. The Bertz CT molecular complexity index is 317. The van der Waals surface area contributed by atoms with E-state index in [1.807, 2.05) is 18.3 Å². The molecule has 1 aliphatic rings. The Labute approximate surface area is 104 Å². The van der Waals surface area contributed by atoms with E-state index in [4.69, 9.17) is 0 Å². The smallest absolute Gasteiger partial charge is 0.0609 e. The second-order valence-corrected chi connectivity index (χ2v) is 5.32. The normalized spacial score (nSPS) is 26.7. The Morgan fingerprint density at radius 2 is 2.12 bits per heavy atom. The van der Waals surface area contributed by atoms with Gasteiger partial charge >= 0.3 is 0 Å². The molecule has 0 saturated heterocycles. The zero-order valence-corrected chi connectivity index (χ0v) is 10.7. The SMILES string of the molecule is CCC1CCC(C(O)Cc2cccnc2)CC1. The minimum atomic E-state index is -0.183. The molecule has 1 unspecified atom stereocenters. The van der Waals surface area contributed by atoms with Gasteiger partial charge in [-0.3, -0.25) is 4.98 Å². The van der Waals surface area contributed by atoms with E-state index in [0.29, 0.717) is 5.92 Å². The molecule has 1 N–H and O–H groups in total. The molecule has 1 aromatic heterocycles. The van der Waals surface area contributed by atoms with Crippen LogP contribution in [0.25, 0.3) is 0 Å². The van der Waals surface area contributed by atoms with Crippen LogP contribution in [0.15, 0.2) is 24.5 Å². The molecule has 17 heavy (non-hydrogen) atoms. The molecule has 0 aromatic carbocycles. The van der Waals surface area contributed by atoms with Gasteiger partial charge < -0.3 is 5.11 Å². The van der Waals surface area contributed by atoms with Gasteiger partial charge in [-0.15, -0.1) is 0 Å². The highest BCUT2D eigenvalue weighted by Crippen LogP contribution is 2.33. The maximum absolute atomic E-state index is 10.3. The molecule has 0 aliphatic heterocycles. The highest BCUT2D eigenvalue weighted by molar-refractivity contribution is 5.09. The van der Waals surface area contributed by atoms with Gasteiger partial charge in [-0.1, -0.05) is 32.3 Å². The van der Waals surface area contributed by atoms with Gasteiger partial charge in [0.25, 0.3) is 0 Å². The molecule has 0 bridgehead atoms. The second-order valence-electron chi connectivity index (χ2n) is 5.32. The summed E-state index contributed by atoms with van der Waals surface area (Å²) >= 11 is 0. The van der Waals surface area contributed by atoms with Crippen molar-refractivity contribution in [3.05, 3.63) is 30.1 Å². The van der Waals surface area contributed by atoms with Gasteiger partial charge in [0.15, 0.2) is 0 Å². The molecule has 1 aliphatic carbocycles. The number of hydrogen-bond acceptors (Lipinski definition) is 2. The van der Waals surface area contributed by atoms with Crippen LogP contribution < -0.4 is 0 Å². The molecule has 2 rings (SSSR count). The summed E-state index contributed by atoms with van der Waals surface area (Å²) in [5, 5.41) is 10.3. The number of rotatable bonds is 4. The van der Waals surface area contributed by atoms with Crippen LogP contribution in [-0.4, -0.2) is 16.2 Å². The Morgan fingerprint density at radius 1 is 1.35 bits per heavy atom. The largest absolute Gasteiger partial charge is 0.392 e. The Morgan fingerprint density at radius 3 is 2.71 bits per heavy atom. The van der Waals surface area contributed by atoms with Gasteiger partial charge in [-0.25, -0.2) is 0 Å². The van der Waals surface area contributed by atoms with E-state index in [1.165, 1.54) is 32.1 Å². The van der Waals surface area contributed by atoms with Crippen LogP contribution in [0, 0.1) is 11.8 Å². The van der Waals surface area contributed by atoms with Crippen molar-refractivity contribution in [1.29, 1.82) is 0 Å². The van der Waals surface area contributed by atoms with Crippen molar-refractivity contribution in [3.8, 4) is 0 Å². The number of hydrogen-bond donors (Lipinski definition) is 1. The topological polar surface area (TPSA) is 33.1 Å². The van der Waals surface area contributed by atoms with E-state index in [0.717, 1.165) is 17.9 Å². The summed E-state index contributed by atoms with van der Waals surface area (Å²) in [6, 6.07) is 3.99. The molecular formula is C15H23NO. The van der Waals surface area contributed by atoms with Gasteiger partial charge in [0.2, 0.25) is 0 Å². The summed E-state index contributed by atoms with van der Waals surface area (Å²) in [4.78, 5) is 4.10. The van der Waals surface area contributed by atoms with Crippen molar-refractivity contribution in [3.63, 3.8) is 0 Å². The molecule has 0 amide bonds. The molecule has 1 saturated carbocycles. The fourth-order valence-corrected chi connectivity index (χ4v) is 2.91. The Balaban J connectivity index is 1.83. The third-order valence-electron chi connectivity index (χ3n) is 4.18. The van der Waals surface area contributed by atoms with Crippen LogP contribution in [0.5, 0.6) is 0 Å². The molecule has 2 nitrogen and oxygen atoms in total. The van der Waals surface area contributed by atoms with Crippen LogP contribution in [0.2, 0.25) is 0 Å². The van der Waals surface area contributed by atoms with Crippen molar-refractivity contribution in [2.24, 2.45) is 11.8 Å². The van der Waals surface area contributed by atoms with E-state index in [-0.39, 0.29) is 6.10 Å². The number of aliphatic hydroxyl groups is 1. The molecule has 2 heteroatoms. The molecule has 0 spiro atoms. The third kappa shape index (κ3) is 3.53. The summed E-state index contributed by atoms with van der Waals surface area (Å²) in [6.45, 7) is 2.27. The highest BCUT2D eigenvalue weighted by atomic mass is 16.3. The second kappa shape index (κ2) is 6.15. The van der Waals surface area contributed by atoms with Crippen molar-refractivity contribution < 1.29 is 5.11 Å². The molecule has 1 atom stereocenters. The molecule has 94 valence electrons. The van der Waals surface area contributed by atoms with E-state index in [9.17, 15) is 5.11 Å². The van der Waals surface area contributed by atoms with E-state index in [1.54, 1.807) is 6.20 Å². The van der Waals surface area contributed by atoms with Crippen molar-refractivity contribution in [1.82, 2.24) is 4.98 Å². The van der Waals surface area contributed by atoms with Crippen LogP contribution in [0.4, 0.5) is 0 Å². The zero-order chi connectivity index (χ0) is 12.1. The minimum absolute atomic E-state index is 0.183. The van der Waals surface area contributed by atoms with E-state index in [2.05, 4.69) is 11.9 Å². The Hall–Kier alpha value is -0.890. The first-order chi connectivity index (χ1) is 8.29. The van der Waals surface area contributed by atoms with Crippen LogP contribution in [0.3, 0.4) is 0 Å². The van der Waals surface area contributed by atoms with Crippen LogP contribution >= 0.6 is 0 Å². The van der Waals surface area contributed by atoms with E-state index < -0.39 is 0 Å². The minimum Gasteiger partial charge on any atom is -0.392 e. The van der Waals surface area contributed by atoms with Gasteiger partial charge in [-0.05, 0) is 36.3 Å². The zero-order valence-electron chi connectivity index (χ0n) is 10.7. The summed E-state index contributed by atoms with van der Waals surface area (Å²) in [5.74, 6) is 1.40. The van der Waals surface area contributed by atoms with Crippen LogP contribution in [-0.2, 0) is 6.42 Å². The molecule has 1 fully saturated rings. The third-order valence-corrected chi connectivity index (χ3v) is 4.18. The lowest BCUT2D eigenvalue weighted by Crippen LogP contribution is -2.27. The lowest BCUT2D eigenvalue weighted by molar-refractivity contribution is 0.0734. The summed E-state index contributed by atoms with van der Waals surface area (Å²) in [7, 11) is 0. The van der Waals surface area contributed by atoms with Crippen molar-refractivity contribution in [2.45, 2.75) is 51.6 Å². The van der Waals surface area contributed by atoms with Gasteiger partial charge in [0.1, 0.15) is 0 Å². The fourth-order valence-electron chi connectivity index (χ4n) is 2.91. The monoisotopic (exact) mass is 233 g/mol. The maximum Gasteiger partial charge on any atom is 0.0609 e. The lowest BCUT2D eigenvalue weighted by Gasteiger charge is -2.31. The number of nitrogens with zero attached hydrogens (tertiary/aromatic N) is 1. The van der Waals surface area contributed by atoms with Crippen molar-refractivity contribution >= 4 is 0 Å². The summed E-state index contributed by atoms with van der Waals surface area (Å²) < 4.78 is 0.